The summed E-state index contributed by atoms with van der Waals surface area (Å²) in [7, 11) is 0. The molecule has 1 aromatic carbocycles. The van der Waals surface area contributed by atoms with E-state index in [0.717, 1.165) is 12.8 Å². The lowest BCUT2D eigenvalue weighted by molar-refractivity contribution is 0.436. The molecule has 2 atom stereocenters. The van der Waals surface area contributed by atoms with Crippen LogP contribution in [-0.4, -0.2) is 32.7 Å². The van der Waals surface area contributed by atoms with Crippen LogP contribution in [0.15, 0.2) is 26.7 Å². The Morgan fingerprint density at radius 3 is 2.80 bits per heavy atom. The van der Waals surface area contributed by atoms with Crippen molar-refractivity contribution in [2.45, 2.75) is 38.3 Å². The van der Waals surface area contributed by atoms with E-state index in [2.05, 4.69) is 9.97 Å². The Morgan fingerprint density at radius 1 is 1.37 bits per heavy atom. The molecule has 10 heteroatoms. The number of phenols is 1. The van der Waals surface area contributed by atoms with Gasteiger partial charge in [-0.1, -0.05) is 0 Å². The van der Waals surface area contributed by atoms with Crippen LogP contribution < -0.4 is 21.9 Å². The molecule has 1 saturated carbocycles. The molecule has 0 amide bonds. The SMILES string of the molecule is Cc1c(N2CCC(C(N)c3cocn3)C2)c(F)c(O)c2c(=O)[nH]c(=O)n(C3CC3)c12. The number of rotatable bonds is 4. The number of H-pyrrole nitrogens is 1. The monoisotopic (exact) mass is 415 g/mol. The van der Waals surface area contributed by atoms with Crippen LogP contribution in [0.3, 0.4) is 0 Å². The number of nitrogens with one attached hydrogen (secondary N) is 1. The van der Waals surface area contributed by atoms with Crippen molar-refractivity contribution >= 4 is 16.6 Å². The van der Waals surface area contributed by atoms with E-state index in [1.54, 1.807) is 6.92 Å². The number of oxazole rings is 1. The number of benzene rings is 1. The lowest BCUT2D eigenvalue weighted by Crippen LogP contribution is -2.32. The quantitative estimate of drug-likeness (QED) is 0.591. The van der Waals surface area contributed by atoms with Crippen molar-refractivity contribution in [1.29, 1.82) is 0 Å². The summed E-state index contributed by atoms with van der Waals surface area (Å²) in [6, 6.07) is -0.418. The molecule has 0 spiro atoms. The van der Waals surface area contributed by atoms with Gasteiger partial charge in [-0.2, -0.15) is 0 Å². The maximum absolute atomic E-state index is 15.3. The van der Waals surface area contributed by atoms with Crippen LogP contribution in [-0.2, 0) is 0 Å². The zero-order valence-electron chi connectivity index (χ0n) is 16.4. The number of aromatic hydroxyl groups is 1. The first-order valence-electron chi connectivity index (χ1n) is 9.96. The van der Waals surface area contributed by atoms with Crippen LogP contribution >= 0.6 is 0 Å². The third kappa shape index (κ3) is 2.74. The average Bonchev–Trinajstić information content (AvgIpc) is 3.18. The van der Waals surface area contributed by atoms with E-state index in [1.807, 2.05) is 4.90 Å². The number of nitrogens with zero attached hydrogens (tertiary/aromatic N) is 3. The van der Waals surface area contributed by atoms with Crippen molar-refractivity contribution in [3.05, 3.63) is 50.6 Å². The molecule has 2 aromatic heterocycles. The minimum Gasteiger partial charge on any atom is -0.504 e. The van der Waals surface area contributed by atoms with E-state index in [1.165, 1.54) is 17.2 Å². The lowest BCUT2D eigenvalue weighted by Gasteiger charge is -2.25. The normalized spacial score (nSPS) is 20.2. The fraction of sp³-hybridized carbons (Fsp3) is 0.450. The number of nitrogens with two attached hydrogens (primary N) is 1. The summed E-state index contributed by atoms with van der Waals surface area (Å²) in [5, 5.41) is 10.4. The molecule has 1 aliphatic heterocycles. The molecule has 4 N–H and O–H groups in total. The van der Waals surface area contributed by atoms with Gasteiger partial charge in [-0.15, -0.1) is 0 Å². The molecule has 2 unspecified atom stereocenters. The third-order valence-corrected chi connectivity index (χ3v) is 6.26. The maximum Gasteiger partial charge on any atom is 0.329 e. The first kappa shape index (κ1) is 18.9. The van der Waals surface area contributed by atoms with Crippen molar-refractivity contribution in [2.24, 2.45) is 11.7 Å². The summed E-state index contributed by atoms with van der Waals surface area (Å²) < 4.78 is 21.8. The van der Waals surface area contributed by atoms with Gasteiger partial charge in [-0.25, -0.2) is 14.2 Å². The zero-order chi connectivity index (χ0) is 21.2. The number of halogens is 1. The molecule has 3 aromatic rings. The number of phenolic OH excluding ortho intramolecular Hbond substituents is 1. The summed E-state index contributed by atoms with van der Waals surface area (Å²) in [6.07, 6.45) is 5.12. The molecule has 1 aliphatic carbocycles. The Hall–Kier alpha value is -3.14. The molecular weight excluding hydrogens is 393 g/mol. The molecule has 3 heterocycles. The van der Waals surface area contributed by atoms with Crippen molar-refractivity contribution in [3.8, 4) is 5.75 Å². The average molecular weight is 415 g/mol. The van der Waals surface area contributed by atoms with Gasteiger partial charge in [0.05, 0.1) is 22.9 Å². The molecule has 9 nitrogen and oxygen atoms in total. The second-order valence-corrected chi connectivity index (χ2v) is 8.15. The van der Waals surface area contributed by atoms with E-state index >= 15 is 4.39 Å². The minimum atomic E-state index is -0.859. The first-order chi connectivity index (χ1) is 14.4. The van der Waals surface area contributed by atoms with Crippen molar-refractivity contribution in [1.82, 2.24) is 14.5 Å². The van der Waals surface area contributed by atoms with Crippen LogP contribution in [0.25, 0.3) is 10.9 Å². The zero-order valence-corrected chi connectivity index (χ0v) is 16.4. The lowest BCUT2D eigenvalue weighted by atomic mass is 9.97. The molecule has 0 radical (unpaired) electrons. The summed E-state index contributed by atoms with van der Waals surface area (Å²) in [5.41, 5.74) is 6.58. The highest BCUT2D eigenvalue weighted by atomic mass is 19.1. The van der Waals surface area contributed by atoms with E-state index in [0.29, 0.717) is 36.3 Å². The van der Waals surface area contributed by atoms with Gasteiger partial charge >= 0.3 is 5.69 Å². The fourth-order valence-electron chi connectivity index (χ4n) is 4.60. The van der Waals surface area contributed by atoms with E-state index in [-0.39, 0.29) is 29.1 Å². The Balaban J connectivity index is 1.63. The predicted molar refractivity (Wildman–Crippen MR) is 107 cm³/mol. The van der Waals surface area contributed by atoms with Crippen LogP contribution in [0.5, 0.6) is 5.75 Å². The largest absolute Gasteiger partial charge is 0.504 e. The number of aromatic nitrogens is 3. The molecule has 5 rings (SSSR count). The summed E-state index contributed by atoms with van der Waals surface area (Å²) >= 11 is 0. The molecule has 2 fully saturated rings. The van der Waals surface area contributed by atoms with Crippen LogP contribution in [0.1, 0.15) is 42.6 Å². The van der Waals surface area contributed by atoms with Gasteiger partial charge < -0.3 is 20.2 Å². The second kappa shape index (κ2) is 6.69. The topological polar surface area (TPSA) is 130 Å². The van der Waals surface area contributed by atoms with Gasteiger partial charge in [0.15, 0.2) is 18.0 Å². The van der Waals surface area contributed by atoms with Crippen LogP contribution in [0.2, 0.25) is 0 Å². The van der Waals surface area contributed by atoms with E-state index < -0.39 is 22.8 Å². The highest BCUT2D eigenvalue weighted by molar-refractivity contribution is 5.92. The number of anilines is 1. The van der Waals surface area contributed by atoms with Crippen molar-refractivity contribution in [3.63, 3.8) is 0 Å². The van der Waals surface area contributed by atoms with E-state index in [9.17, 15) is 14.7 Å². The number of aryl methyl sites for hydroxylation is 1. The Kier molecular flexibility index (Phi) is 4.21. The summed E-state index contributed by atoms with van der Waals surface area (Å²) in [5.74, 6) is -1.58. The number of hydrogen-bond donors (Lipinski definition) is 3. The number of hydrogen-bond acceptors (Lipinski definition) is 7. The summed E-state index contributed by atoms with van der Waals surface area (Å²) in [6.45, 7) is 2.66. The predicted octanol–water partition coefficient (Wildman–Crippen LogP) is 1.69. The highest BCUT2D eigenvalue weighted by Crippen LogP contribution is 2.43. The summed E-state index contributed by atoms with van der Waals surface area (Å²) in [4.78, 5) is 33.0. The molecule has 1 saturated heterocycles. The molecule has 0 bridgehead atoms. The molecule has 30 heavy (non-hydrogen) atoms. The minimum absolute atomic E-state index is 0.0107. The molecular formula is C20H22FN5O4. The molecule has 158 valence electrons. The van der Waals surface area contributed by atoms with Crippen molar-refractivity contribution < 1.29 is 13.9 Å². The van der Waals surface area contributed by atoms with Gasteiger partial charge in [0.2, 0.25) is 0 Å². The second-order valence-electron chi connectivity index (χ2n) is 8.15. The third-order valence-electron chi connectivity index (χ3n) is 6.26. The smallest absolute Gasteiger partial charge is 0.329 e. The maximum atomic E-state index is 15.3. The van der Waals surface area contributed by atoms with Gasteiger partial charge in [0.1, 0.15) is 11.6 Å². The van der Waals surface area contributed by atoms with Gasteiger partial charge in [0.25, 0.3) is 5.56 Å². The fourth-order valence-corrected chi connectivity index (χ4v) is 4.60. The number of aromatic amines is 1. The van der Waals surface area contributed by atoms with E-state index in [4.69, 9.17) is 10.2 Å². The van der Waals surface area contributed by atoms with Crippen molar-refractivity contribution in [2.75, 3.05) is 18.0 Å². The van der Waals surface area contributed by atoms with Gasteiger partial charge in [-0.3, -0.25) is 14.3 Å². The number of fused-ring (bicyclic) bond motifs is 1. The van der Waals surface area contributed by atoms with Crippen LogP contribution in [0.4, 0.5) is 10.1 Å². The Bertz CT molecular complexity index is 1250. The Morgan fingerprint density at radius 2 is 2.13 bits per heavy atom. The Labute approximate surface area is 169 Å². The van der Waals surface area contributed by atoms with Gasteiger partial charge in [-0.05, 0) is 32.1 Å². The first-order valence-corrected chi connectivity index (χ1v) is 9.96. The van der Waals surface area contributed by atoms with Crippen LogP contribution in [0, 0.1) is 18.7 Å². The standard InChI is InChI=1S/C20H22FN5O4/c1-9-16-13(19(28)24-20(29)26(16)11-2-3-11)18(27)14(21)17(9)25-5-4-10(6-25)15(22)12-7-30-8-23-12/h7-8,10-11,15,27H,2-6,22H2,1H3,(H,24,28,29). The molecule has 2 aliphatic rings. The van der Waals surface area contributed by atoms with Gasteiger partial charge in [0, 0.05) is 24.7 Å². The highest BCUT2D eigenvalue weighted by Gasteiger charge is 2.35.